The fraction of sp³-hybridized carbons (Fsp3) is 0.740. The maximum atomic E-state index is 14.6. The standard InChI is InChI=1S/C50H83N7O11/c1-10-11-12-19-25-41-35(5)47(62)57(9)40(28-33(2)3)45(60)56-42(37-23-17-14-18-24-37)46(61)54-38(29-52-48(63)67-31-36-21-15-13-16-22-36)43(58)55-39(44(59)53-34(4)30-66-41)32-65-27-20-26-51-49(64)68-50(6,7)8/h13,15-16,21-22,33-35,37-42H,10-12,14,17-20,23-32H2,1-9H3,(H,51,64)(H,52,63)(H,53,59)(H,54,61)(H,55,58)(H,56,60)/t34-,35-,38+,39+,40+,41-,42+/m1/s1. The summed E-state index contributed by atoms with van der Waals surface area (Å²) in [5.74, 6) is -3.76. The summed E-state index contributed by atoms with van der Waals surface area (Å²) < 4.78 is 23.0. The Kier molecular flexibility index (Phi) is 25.1. The molecule has 0 unspecified atom stereocenters. The van der Waals surface area contributed by atoms with Gasteiger partial charge in [0.1, 0.15) is 36.4 Å². The van der Waals surface area contributed by atoms with E-state index in [2.05, 4.69) is 38.8 Å². The van der Waals surface area contributed by atoms with Gasteiger partial charge in [0.05, 0.1) is 31.8 Å². The van der Waals surface area contributed by atoms with E-state index in [1.165, 1.54) is 4.90 Å². The fourth-order valence-corrected chi connectivity index (χ4v) is 8.30. The molecule has 1 heterocycles. The van der Waals surface area contributed by atoms with Crippen molar-refractivity contribution < 1.29 is 52.5 Å². The molecule has 1 saturated heterocycles. The van der Waals surface area contributed by atoms with E-state index in [-0.39, 0.29) is 50.7 Å². The first-order valence-corrected chi connectivity index (χ1v) is 24.9. The van der Waals surface area contributed by atoms with Crippen LogP contribution < -0.4 is 31.9 Å². The number of nitrogens with one attached hydrogen (secondary N) is 6. The zero-order chi connectivity index (χ0) is 50.2. The van der Waals surface area contributed by atoms with Gasteiger partial charge >= 0.3 is 12.2 Å². The lowest BCUT2D eigenvalue weighted by Crippen LogP contribution is -2.62. The normalized spacial score (nSPS) is 24.4. The van der Waals surface area contributed by atoms with Crippen molar-refractivity contribution in [2.45, 2.75) is 181 Å². The summed E-state index contributed by atoms with van der Waals surface area (Å²) >= 11 is 0. The van der Waals surface area contributed by atoms with Crippen LogP contribution >= 0.6 is 0 Å². The molecule has 1 aromatic carbocycles. The van der Waals surface area contributed by atoms with Gasteiger partial charge in [0.15, 0.2) is 0 Å². The highest BCUT2D eigenvalue weighted by atomic mass is 16.6. The number of benzene rings is 1. The molecule has 7 amide bonds. The Morgan fingerprint density at radius 3 is 2.16 bits per heavy atom. The molecule has 1 aliphatic heterocycles. The molecular formula is C50H83N7O11. The maximum Gasteiger partial charge on any atom is 0.407 e. The summed E-state index contributed by atoms with van der Waals surface area (Å²) in [5.41, 5.74) is 0.0651. The van der Waals surface area contributed by atoms with Crippen LogP contribution in [0, 0.1) is 17.8 Å². The minimum atomic E-state index is -1.45. The molecule has 0 spiro atoms. The quantitative estimate of drug-likeness (QED) is 0.104. The first-order valence-electron chi connectivity index (χ1n) is 24.9. The molecule has 384 valence electrons. The third-order valence-corrected chi connectivity index (χ3v) is 12.1. The largest absolute Gasteiger partial charge is 0.445 e. The second-order valence-corrected chi connectivity index (χ2v) is 19.8. The van der Waals surface area contributed by atoms with Crippen molar-refractivity contribution in [1.82, 2.24) is 36.8 Å². The van der Waals surface area contributed by atoms with Crippen molar-refractivity contribution in [2.75, 3.05) is 40.0 Å². The van der Waals surface area contributed by atoms with Gasteiger partial charge in [0, 0.05) is 26.2 Å². The number of alkyl carbamates (subject to hydrolysis) is 2. The van der Waals surface area contributed by atoms with Crippen LogP contribution in [-0.2, 0) is 49.5 Å². The number of carbonyl (C=O) groups is 7. The van der Waals surface area contributed by atoms with E-state index in [9.17, 15) is 33.6 Å². The van der Waals surface area contributed by atoms with Crippen LogP contribution in [-0.4, -0.2) is 128 Å². The number of hydrogen-bond donors (Lipinski definition) is 6. The van der Waals surface area contributed by atoms with Crippen LogP contribution in [0.2, 0.25) is 0 Å². The number of hydrogen-bond acceptors (Lipinski definition) is 11. The molecule has 68 heavy (non-hydrogen) atoms. The third-order valence-electron chi connectivity index (χ3n) is 12.1. The SMILES string of the molecule is CCCCCC[C@H]1OC[C@@H](C)NC(=O)[C@H](COCCCNC(=O)OC(C)(C)C)NC(=O)[C@H](CNC(=O)OCc2ccccc2)NC(=O)[C@H](C2CCCCC2)NC(=O)[C@H](CC(C)C)N(C)C(=O)[C@@H]1C. The molecular weight excluding hydrogens is 875 g/mol. The molecule has 2 aliphatic rings. The van der Waals surface area contributed by atoms with Crippen molar-refractivity contribution in [3.05, 3.63) is 35.9 Å². The lowest BCUT2D eigenvalue weighted by molar-refractivity contribution is -0.147. The highest BCUT2D eigenvalue weighted by molar-refractivity contribution is 5.96. The number of carbonyl (C=O) groups excluding carboxylic acids is 7. The van der Waals surface area contributed by atoms with E-state index in [1.54, 1.807) is 65.9 Å². The van der Waals surface area contributed by atoms with Gasteiger partial charge in [-0.25, -0.2) is 9.59 Å². The molecule has 0 radical (unpaired) electrons. The first-order chi connectivity index (χ1) is 32.3. The maximum absolute atomic E-state index is 14.6. The van der Waals surface area contributed by atoms with E-state index >= 15 is 0 Å². The summed E-state index contributed by atoms with van der Waals surface area (Å²) in [7, 11) is 1.61. The number of rotatable bonds is 18. The molecule has 0 bridgehead atoms. The Labute approximate surface area is 404 Å². The minimum absolute atomic E-state index is 0.0112. The number of unbranched alkanes of at least 4 members (excludes halogenated alkanes) is 3. The lowest BCUT2D eigenvalue weighted by atomic mass is 9.83. The average Bonchev–Trinajstić information content (AvgIpc) is 3.29. The third kappa shape index (κ3) is 21.1. The van der Waals surface area contributed by atoms with Crippen LogP contribution in [0.25, 0.3) is 0 Å². The molecule has 1 aromatic rings. The monoisotopic (exact) mass is 958 g/mol. The van der Waals surface area contributed by atoms with Gasteiger partial charge in [-0.1, -0.05) is 103 Å². The van der Waals surface area contributed by atoms with Crippen molar-refractivity contribution in [1.29, 1.82) is 0 Å². The Hall–Kier alpha value is -4.97. The van der Waals surface area contributed by atoms with Crippen LogP contribution in [0.1, 0.15) is 138 Å². The van der Waals surface area contributed by atoms with Gasteiger partial charge < -0.3 is 55.7 Å². The fourth-order valence-electron chi connectivity index (χ4n) is 8.30. The number of nitrogens with zero attached hydrogens (tertiary/aromatic N) is 1. The van der Waals surface area contributed by atoms with E-state index in [1.807, 2.05) is 19.9 Å². The molecule has 3 rings (SSSR count). The second kappa shape index (κ2) is 29.8. The zero-order valence-corrected chi connectivity index (χ0v) is 42.2. The van der Waals surface area contributed by atoms with E-state index in [0.29, 0.717) is 32.1 Å². The van der Waals surface area contributed by atoms with E-state index < -0.39 is 90.2 Å². The Bertz CT molecular complexity index is 1740. The Balaban J connectivity index is 2.01. The highest BCUT2D eigenvalue weighted by Crippen LogP contribution is 2.28. The van der Waals surface area contributed by atoms with Gasteiger partial charge in [-0.2, -0.15) is 0 Å². The van der Waals surface area contributed by atoms with Gasteiger partial charge in [-0.15, -0.1) is 0 Å². The molecule has 0 aromatic heterocycles. The first kappa shape index (κ1) is 57.3. The van der Waals surface area contributed by atoms with Gasteiger partial charge in [0.25, 0.3) is 0 Å². The van der Waals surface area contributed by atoms with Gasteiger partial charge in [-0.3, -0.25) is 24.0 Å². The molecule has 18 heteroatoms. The predicted molar refractivity (Wildman–Crippen MR) is 258 cm³/mol. The summed E-state index contributed by atoms with van der Waals surface area (Å²) in [6.45, 7) is 14.5. The minimum Gasteiger partial charge on any atom is -0.445 e. The van der Waals surface area contributed by atoms with Crippen molar-refractivity contribution >= 4 is 41.7 Å². The van der Waals surface area contributed by atoms with E-state index in [0.717, 1.165) is 50.5 Å². The van der Waals surface area contributed by atoms with Crippen molar-refractivity contribution in [3.8, 4) is 0 Å². The van der Waals surface area contributed by atoms with Crippen LogP contribution in [0.15, 0.2) is 30.3 Å². The Morgan fingerprint density at radius 2 is 1.50 bits per heavy atom. The van der Waals surface area contributed by atoms with Gasteiger partial charge in [0.2, 0.25) is 29.5 Å². The predicted octanol–water partition coefficient (Wildman–Crippen LogP) is 5.26. The smallest absolute Gasteiger partial charge is 0.407 e. The highest BCUT2D eigenvalue weighted by Gasteiger charge is 2.39. The Morgan fingerprint density at radius 1 is 0.824 bits per heavy atom. The summed E-state index contributed by atoms with van der Waals surface area (Å²) in [4.78, 5) is 98.7. The lowest BCUT2D eigenvalue weighted by Gasteiger charge is -2.36. The summed E-state index contributed by atoms with van der Waals surface area (Å²) in [6.07, 6.45) is 7.04. The number of amides is 7. The number of ether oxygens (including phenoxy) is 4. The summed E-state index contributed by atoms with van der Waals surface area (Å²) in [6, 6.07) is 3.69. The second-order valence-electron chi connectivity index (χ2n) is 19.8. The topological polar surface area (TPSA) is 232 Å². The number of likely N-dealkylation sites (N-methyl/N-ethyl adjacent to an activating group) is 1. The van der Waals surface area contributed by atoms with Crippen LogP contribution in [0.3, 0.4) is 0 Å². The molecule has 1 aliphatic carbocycles. The molecule has 2 fully saturated rings. The molecule has 1 saturated carbocycles. The zero-order valence-electron chi connectivity index (χ0n) is 42.2. The molecule has 18 nitrogen and oxygen atoms in total. The molecule has 6 N–H and O–H groups in total. The summed E-state index contributed by atoms with van der Waals surface area (Å²) in [5, 5.41) is 16.7. The van der Waals surface area contributed by atoms with Crippen molar-refractivity contribution in [3.63, 3.8) is 0 Å². The van der Waals surface area contributed by atoms with Crippen molar-refractivity contribution in [2.24, 2.45) is 17.8 Å². The molecule has 7 atom stereocenters. The van der Waals surface area contributed by atoms with Crippen LogP contribution in [0.4, 0.5) is 9.59 Å². The average molecular weight is 958 g/mol. The van der Waals surface area contributed by atoms with Gasteiger partial charge in [-0.05, 0) is 77.2 Å². The van der Waals surface area contributed by atoms with Crippen LogP contribution in [0.5, 0.6) is 0 Å². The van der Waals surface area contributed by atoms with E-state index in [4.69, 9.17) is 18.9 Å².